The highest BCUT2D eigenvalue weighted by molar-refractivity contribution is 6.30. The SMILES string of the molecule is O=C(C(Cl)c1ccccc1)N1CCCCC1CCO. The van der Waals surface area contributed by atoms with E-state index in [1.807, 2.05) is 35.2 Å². The Morgan fingerprint density at radius 1 is 1.37 bits per heavy atom. The summed E-state index contributed by atoms with van der Waals surface area (Å²) in [6, 6.07) is 9.57. The summed E-state index contributed by atoms with van der Waals surface area (Å²) in [5, 5.41) is 8.48. The van der Waals surface area contributed by atoms with Gasteiger partial charge in [0.1, 0.15) is 5.38 Å². The highest BCUT2D eigenvalue weighted by atomic mass is 35.5. The van der Waals surface area contributed by atoms with Gasteiger partial charge in [-0.25, -0.2) is 0 Å². The van der Waals surface area contributed by atoms with Gasteiger partial charge in [0.2, 0.25) is 5.91 Å². The van der Waals surface area contributed by atoms with E-state index in [1.165, 1.54) is 0 Å². The van der Waals surface area contributed by atoms with Gasteiger partial charge >= 0.3 is 0 Å². The molecular weight excluding hydrogens is 262 g/mol. The number of piperidine rings is 1. The maximum atomic E-state index is 12.5. The van der Waals surface area contributed by atoms with Gasteiger partial charge in [-0.1, -0.05) is 30.3 Å². The second kappa shape index (κ2) is 6.92. The Balaban J connectivity index is 2.08. The molecule has 0 bridgehead atoms. The van der Waals surface area contributed by atoms with Gasteiger partial charge in [0.05, 0.1) is 0 Å². The molecule has 4 heteroatoms. The summed E-state index contributed by atoms with van der Waals surface area (Å²) >= 11 is 6.30. The van der Waals surface area contributed by atoms with Crippen molar-refractivity contribution in [3.8, 4) is 0 Å². The second-order valence-electron chi connectivity index (χ2n) is 4.97. The lowest BCUT2D eigenvalue weighted by molar-refractivity contribution is -0.134. The van der Waals surface area contributed by atoms with E-state index < -0.39 is 5.38 Å². The molecule has 1 aliphatic heterocycles. The van der Waals surface area contributed by atoms with Crippen LogP contribution >= 0.6 is 11.6 Å². The minimum Gasteiger partial charge on any atom is -0.396 e. The number of halogens is 1. The number of nitrogens with zero attached hydrogens (tertiary/aromatic N) is 1. The lowest BCUT2D eigenvalue weighted by atomic mass is 9.98. The summed E-state index contributed by atoms with van der Waals surface area (Å²) in [4.78, 5) is 14.3. The molecule has 1 fully saturated rings. The largest absolute Gasteiger partial charge is 0.396 e. The molecule has 0 aromatic heterocycles. The zero-order valence-corrected chi connectivity index (χ0v) is 11.7. The van der Waals surface area contributed by atoms with E-state index in [0.717, 1.165) is 31.4 Å². The molecule has 1 aromatic rings. The van der Waals surface area contributed by atoms with Crippen molar-refractivity contribution in [1.82, 2.24) is 4.90 Å². The molecule has 0 aliphatic carbocycles. The Labute approximate surface area is 119 Å². The number of carbonyl (C=O) groups is 1. The van der Waals surface area contributed by atoms with Crippen LogP contribution in [0, 0.1) is 0 Å². The van der Waals surface area contributed by atoms with Crippen LogP contribution in [0.2, 0.25) is 0 Å². The van der Waals surface area contributed by atoms with E-state index in [0.29, 0.717) is 6.42 Å². The predicted molar refractivity (Wildman–Crippen MR) is 76.1 cm³/mol. The minimum atomic E-state index is -0.625. The third-order valence-corrected chi connectivity index (χ3v) is 4.12. The Bertz CT molecular complexity index is 408. The summed E-state index contributed by atoms with van der Waals surface area (Å²) in [6.45, 7) is 0.867. The van der Waals surface area contributed by atoms with Crippen LogP contribution in [0.4, 0.5) is 0 Å². The van der Waals surface area contributed by atoms with Crippen molar-refractivity contribution in [3.05, 3.63) is 35.9 Å². The fourth-order valence-electron chi connectivity index (χ4n) is 2.65. The van der Waals surface area contributed by atoms with Crippen LogP contribution in [-0.4, -0.2) is 35.1 Å². The monoisotopic (exact) mass is 281 g/mol. The van der Waals surface area contributed by atoms with Gasteiger partial charge in [-0.3, -0.25) is 4.79 Å². The lowest BCUT2D eigenvalue weighted by Crippen LogP contribution is -2.45. The van der Waals surface area contributed by atoms with Crippen molar-refractivity contribution in [2.24, 2.45) is 0 Å². The number of benzene rings is 1. The molecule has 19 heavy (non-hydrogen) atoms. The standard InChI is InChI=1S/C15H20ClNO2/c16-14(12-6-2-1-3-7-12)15(19)17-10-5-4-8-13(17)9-11-18/h1-3,6-7,13-14,18H,4-5,8-11H2. The second-order valence-corrected chi connectivity index (χ2v) is 5.40. The number of likely N-dealkylation sites (tertiary alicyclic amines) is 1. The Kier molecular flexibility index (Phi) is 5.23. The highest BCUT2D eigenvalue weighted by Crippen LogP contribution is 2.28. The summed E-state index contributed by atoms with van der Waals surface area (Å²) in [6.07, 6.45) is 3.74. The molecule has 1 amide bonds. The molecule has 1 aromatic carbocycles. The number of amides is 1. The molecule has 1 aliphatic rings. The van der Waals surface area contributed by atoms with Gasteiger partial charge in [0.25, 0.3) is 0 Å². The first-order valence-corrected chi connectivity index (χ1v) is 7.28. The lowest BCUT2D eigenvalue weighted by Gasteiger charge is -2.36. The predicted octanol–water partition coefficient (Wildman–Crippen LogP) is 2.73. The van der Waals surface area contributed by atoms with Crippen LogP contribution in [0.25, 0.3) is 0 Å². The number of aliphatic hydroxyl groups excluding tert-OH is 1. The fourth-order valence-corrected chi connectivity index (χ4v) is 2.92. The van der Waals surface area contributed by atoms with Crippen LogP contribution in [0.5, 0.6) is 0 Å². The average Bonchev–Trinajstić information content (AvgIpc) is 2.47. The first kappa shape index (κ1) is 14.4. The van der Waals surface area contributed by atoms with Crippen molar-refractivity contribution in [1.29, 1.82) is 0 Å². The van der Waals surface area contributed by atoms with Gasteiger partial charge in [-0.15, -0.1) is 11.6 Å². The van der Waals surface area contributed by atoms with Gasteiger partial charge in [0, 0.05) is 19.2 Å². The normalized spacial score (nSPS) is 21.2. The van der Waals surface area contributed by atoms with E-state index in [-0.39, 0.29) is 18.6 Å². The quantitative estimate of drug-likeness (QED) is 0.862. The third-order valence-electron chi connectivity index (χ3n) is 3.68. The van der Waals surface area contributed by atoms with E-state index in [1.54, 1.807) is 0 Å². The van der Waals surface area contributed by atoms with Crippen LogP contribution in [-0.2, 0) is 4.79 Å². The Hall–Kier alpha value is -1.06. The smallest absolute Gasteiger partial charge is 0.245 e. The Morgan fingerprint density at radius 3 is 2.79 bits per heavy atom. The highest BCUT2D eigenvalue weighted by Gasteiger charge is 2.30. The number of carbonyl (C=O) groups excluding carboxylic acids is 1. The topological polar surface area (TPSA) is 40.5 Å². The molecule has 2 atom stereocenters. The number of alkyl halides is 1. The summed E-state index contributed by atoms with van der Waals surface area (Å²) < 4.78 is 0. The third kappa shape index (κ3) is 3.48. The molecular formula is C15H20ClNO2. The van der Waals surface area contributed by atoms with Gasteiger partial charge < -0.3 is 10.0 Å². The number of hydrogen-bond donors (Lipinski definition) is 1. The van der Waals surface area contributed by atoms with Gasteiger partial charge in [-0.2, -0.15) is 0 Å². The Morgan fingerprint density at radius 2 is 2.11 bits per heavy atom. The van der Waals surface area contributed by atoms with Crippen LogP contribution in [0.3, 0.4) is 0 Å². The van der Waals surface area contributed by atoms with E-state index in [9.17, 15) is 4.79 Å². The molecule has 0 spiro atoms. The van der Waals surface area contributed by atoms with Crippen LogP contribution in [0.1, 0.15) is 36.6 Å². The van der Waals surface area contributed by atoms with Gasteiger partial charge in [-0.05, 0) is 31.2 Å². The van der Waals surface area contributed by atoms with Gasteiger partial charge in [0.15, 0.2) is 0 Å². The maximum absolute atomic E-state index is 12.5. The molecule has 0 saturated carbocycles. The van der Waals surface area contributed by atoms with E-state index >= 15 is 0 Å². The average molecular weight is 282 g/mol. The van der Waals surface area contributed by atoms with Crippen LogP contribution < -0.4 is 0 Å². The van der Waals surface area contributed by atoms with Crippen molar-refractivity contribution in [2.75, 3.05) is 13.2 Å². The van der Waals surface area contributed by atoms with Crippen molar-refractivity contribution in [2.45, 2.75) is 37.1 Å². The number of aliphatic hydroxyl groups is 1. The van der Waals surface area contributed by atoms with Crippen molar-refractivity contribution in [3.63, 3.8) is 0 Å². The number of rotatable bonds is 4. The molecule has 104 valence electrons. The van der Waals surface area contributed by atoms with Crippen LogP contribution in [0.15, 0.2) is 30.3 Å². The summed E-state index contributed by atoms with van der Waals surface area (Å²) in [5.41, 5.74) is 0.836. The maximum Gasteiger partial charge on any atom is 0.245 e. The van der Waals surface area contributed by atoms with E-state index in [4.69, 9.17) is 16.7 Å². The first-order chi connectivity index (χ1) is 9.24. The first-order valence-electron chi connectivity index (χ1n) is 6.84. The molecule has 2 unspecified atom stereocenters. The minimum absolute atomic E-state index is 0.0361. The fraction of sp³-hybridized carbons (Fsp3) is 0.533. The molecule has 1 N–H and O–H groups in total. The summed E-state index contributed by atoms with van der Waals surface area (Å²) in [7, 11) is 0. The summed E-state index contributed by atoms with van der Waals surface area (Å²) in [5.74, 6) is -0.0361. The van der Waals surface area contributed by atoms with Crippen molar-refractivity contribution < 1.29 is 9.90 Å². The molecule has 3 nitrogen and oxygen atoms in total. The van der Waals surface area contributed by atoms with Crippen molar-refractivity contribution >= 4 is 17.5 Å². The molecule has 1 saturated heterocycles. The zero-order chi connectivity index (χ0) is 13.7. The molecule has 0 radical (unpaired) electrons. The number of hydrogen-bond acceptors (Lipinski definition) is 2. The van der Waals surface area contributed by atoms with E-state index in [2.05, 4.69) is 0 Å². The molecule has 1 heterocycles. The molecule has 2 rings (SSSR count). The zero-order valence-electron chi connectivity index (χ0n) is 11.0.